The molecule has 0 atom stereocenters. The highest BCUT2D eigenvalue weighted by atomic mass is 16.5. The van der Waals surface area contributed by atoms with Crippen LogP contribution in [-0.4, -0.2) is 15.1 Å². The van der Waals surface area contributed by atoms with E-state index in [0.717, 1.165) is 0 Å². The minimum atomic E-state index is 0.471. The van der Waals surface area contributed by atoms with Crippen LogP contribution in [0.1, 0.15) is 11.7 Å². The Bertz CT molecular complexity index is 391. The minimum Gasteiger partial charge on any atom is -0.448 e. The van der Waals surface area contributed by atoms with E-state index in [9.17, 15) is 0 Å². The van der Waals surface area contributed by atoms with Gasteiger partial charge in [-0.15, -0.1) is 0 Å². The molecule has 0 saturated heterocycles. The summed E-state index contributed by atoms with van der Waals surface area (Å²) in [6, 6.07) is 0. The molecule has 0 fully saturated rings. The van der Waals surface area contributed by atoms with Crippen molar-refractivity contribution in [3.8, 4) is 11.5 Å². The molecule has 0 amide bonds. The fraction of sp³-hybridized carbons (Fsp3) is 0.286. The fourth-order valence-electron chi connectivity index (χ4n) is 0.915. The Labute approximate surface area is 68.4 Å². The number of rotatable bonds is 1. The molecule has 5 nitrogen and oxygen atoms in total. The lowest BCUT2D eigenvalue weighted by Crippen LogP contribution is -1.82. The lowest BCUT2D eigenvalue weighted by Gasteiger charge is -1.84. The molecular weight excluding hydrogens is 158 g/mol. The Morgan fingerprint density at radius 3 is 2.67 bits per heavy atom. The molecule has 62 valence electrons. The molecule has 0 spiro atoms. The van der Waals surface area contributed by atoms with E-state index in [-0.39, 0.29) is 0 Å². The zero-order valence-corrected chi connectivity index (χ0v) is 6.74. The van der Waals surface area contributed by atoms with Gasteiger partial charge in [0.1, 0.15) is 5.76 Å². The number of aromatic nitrogens is 3. The predicted octanol–water partition coefficient (Wildman–Crippen LogP) is 1.34. The monoisotopic (exact) mass is 165 g/mol. The molecule has 12 heavy (non-hydrogen) atoms. The lowest BCUT2D eigenvalue weighted by atomic mass is 10.3. The van der Waals surface area contributed by atoms with E-state index in [1.165, 1.54) is 6.39 Å². The van der Waals surface area contributed by atoms with E-state index < -0.39 is 0 Å². The molecule has 0 aliphatic carbocycles. The van der Waals surface area contributed by atoms with Crippen molar-refractivity contribution in [1.82, 2.24) is 15.1 Å². The van der Waals surface area contributed by atoms with Crippen molar-refractivity contribution in [1.29, 1.82) is 0 Å². The van der Waals surface area contributed by atoms with E-state index >= 15 is 0 Å². The minimum absolute atomic E-state index is 0.471. The average Bonchev–Trinajstić information content (AvgIpc) is 2.58. The summed E-state index contributed by atoms with van der Waals surface area (Å²) in [5, 5.41) is 3.71. The van der Waals surface area contributed by atoms with Gasteiger partial charge in [0.25, 0.3) is 0 Å². The van der Waals surface area contributed by atoms with E-state index in [2.05, 4.69) is 15.1 Å². The lowest BCUT2D eigenvalue weighted by molar-refractivity contribution is 0.394. The van der Waals surface area contributed by atoms with E-state index in [4.69, 9.17) is 8.94 Å². The fourth-order valence-corrected chi connectivity index (χ4v) is 0.915. The second kappa shape index (κ2) is 2.44. The zero-order valence-electron chi connectivity index (χ0n) is 6.74. The number of aryl methyl sites for hydroxylation is 2. The highest BCUT2D eigenvalue weighted by Crippen LogP contribution is 2.17. The SMILES string of the molecule is Cc1nc(-c2ncoc2C)no1. The summed E-state index contributed by atoms with van der Waals surface area (Å²) in [7, 11) is 0. The molecule has 0 bridgehead atoms. The van der Waals surface area contributed by atoms with Crippen LogP contribution in [0.2, 0.25) is 0 Å². The van der Waals surface area contributed by atoms with Gasteiger partial charge in [0.15, 0.2) is 12.1 Å². The van der Waals surface area contributed by atoms with Crippen molar-refractivity contribution in [2.45, 2.75) is 13.8 Å². The topological polar surface area (TPSA) is 65.0 Å². The van der Waals surface area contributed by atoms with Crippen LogP contribution in [0.3, 0.4) is 0 Å². The van der Waals surface area contributed by atoms with Crippen molar-refractivity contribution in [2.75, 3.05) is 0 Å². The third kappa shape index (κ3) is 0.990. The van der Waals surface area contributed by atoms with Gasteiger partial charge in [-0.1, -0.05) is 5.16 Å². The van der Waals surface area contributed by atoms with Crippen LogP contribution >= 0.6 is 0 Å². The number of nitrogens with zero attached hydrogens (tertiary/aromatic N) is 3. The summed E-state index contributed by atoms with van der Waals surface area (Å²) in [6.07, 6.45) is 1.36. The third-order valence-electron chi connectivity index (χ3n) is 1.48. The molecule has 0 aliphatic heterocycles. The average molecular weight is 165 g/mol. The van der Waals surface area contributed by atoms with Crippen LogP contribution < -0.4 is 0 Å². The Balaban J connectivity index is 2.50. The number of hydrogen-bond acceptors (Lipinski definition) is 5. The highest BCUT2D eigenvalue weighted by molar-refractivity contribution is 5.49. The van der Waals surface area contributed by atoms with Crippen LogP contribution in [0.5, 0.6) is 0 Å². The molecule has 0 N–H and O–H groups in total. The van der Waals surface area contributed by atoms with Crippen LogP contribution in [0.15, 0.2) is 15.3 Å². The summed E-state index contributed by atoms with van der Waals surface area (Å²) in [4.78, 5) is 7.96. The molecule has 0 radical (unpaired) electrons. The van der Waals surface area contributed by atoms with Gasteiger partial charge in [-0.3, -0.25) is 0 Å². The zero-order chi connectivity index (χ0) is 8.55. The van der Waals surface area contributed by atoms with E-state index in [1.807, 2.05) is 0 Å². The van der Waals surface area contributed by atoms with Crippen molar-refractivity contribution in [3.63, 3.8) is 0 Å². The quantitative estimate of drug-likeness (QED) is 0.637. The standard InChI is InChI=1S/C7H7N3O2/c1-4-6(8-3-11-4)7-9-5(2)12-10-7/h3H,1-2H3. The first-order valence-electron chi connectivity index (χ1n) is 3.48. The van der Waals surface area contributed by atoms with Gasteiger partial charge in [0.05, 0.1) is 0 Å². The summed E-state index contributed by atoms with van der Waals surface area (Å²) in [5.74, 6) is 1.68. The number of oxazole rings is 1. The Kier molecular flexibility index (Phi) is 1.43. The Morgan fingerprint density at radius 2 is 2.17 bits per heavy atom. The molecular formula is C7H7N3O2. The van der Waals surface area contributed by atoms with Gasteiger partial charge in [0.2, 0.25) is 11.7 Å². The maximum atomic E-state index is 5.00. The van der Waals surface area contributed by atoms with Gasteiger partial charge in [-0.05, 0) is 6.92 Å². The van der Waals surface area contributed by atoms with Gasteiger partial charge in [-0.2, -0.15) is 4.98 Å². The van der Waals surface area contributed by atoms with Gasteiger partial charge >= 0.3 is 0 Å². The molecule has 0 aliphatic rings. The predicted molar refractivity (Wildman–Crippen MR) is 39.3 cm³/mol. The van der Waals surface area contributed by atoms with E-state index in [0.29, 0.717) is 23.2 Å². The largest absolute Gasteiger partial charge is 0.448 e. The van der Waals surface area contributed by atoms with Crippen LogP contribution in [-0.2, 0) is 0 Å². The van der Waals surface area contributed by atoms with Crippen LogP contribution in [0.4, 0.5) is 0 Å². The van der Waals surface area contributed by atoms with Gasteiger partial charge in [-0.25, -0.2) is 4.98 Å². The molecule has 2 aromatic heterocycles. The van der Waals surface area contributed by atoms with E-state index in [1.54, 1.807) is 13.8 Å². The molecule has 2 heterocycles. The Hall–Kier alpha value is -1.65. The third-order valence-corrected chi connectivity index (χ3v) is 1.48. The first-order chi connectivity index (χ1) is 5.77. The second-order valence-electron chi connectivity index (χ2n) is 2.39. The summed E-state index contributed by atoms with van der Waals surface area (Å²) >= 11 is 0. The molecule has 0 unspecified atom stereocenters. The first kappa shape index (κ1) is 7.02. The maximum Gasteiger partial charge on any atom is 0.224 e. The normalized spacial score (nSPS) is 10.5. The molecule has 0 aromatic carbocycles. The highest BCUT2D eigenvalue weighted by Gasteiger charge is 2.11. The molecule has 5 heteroatoms. The van der Waals surface area contributed by atoms with Crippen molar-refractivity contribution < 1.29 is 8.94 Å². The van der Waals surface area contributed by atoms with Gasteiger partial charge < -0.3 is 8.94 Å². The van der Waals surface area contributed by atoms with Gasteiger partial charge in [0, 0.05) is 6.92 Å². The molecule has 2 aromatic rings. The van der Waals surface area contributed by atoms with Crippen LogP contribution in [0, 0.1) is 13.8 Å². The summed E-state index contributed by atoms with van der Waals surface area (Å²) < 4.78 is 9.80. The van der Waals surface area contributed by atoms with Crippen molar-refractivity contribution in [3.05, 3.63) is 18.0 Å². The molecule has 2 rings (SSSR count). The smallest absolute Gasteiger partial charge is 0.224 e. The molecule has 0 saturated carbocycles. The summed E-state index contributed by atoms with van der Waals surface area (Å²) in [6.45, 7) is 3.53. The maximum absolute atomic E-state index is 5.00. The Morgan fingerprint density at radius 1 is 1.33 bits per heavy atom. The van der Waals surface area contributed by atoms with Crippen molar-refractivity contribution >= 4 is 0 Å². The first-order valence-corrected chi connectivity index (χ1v) is 3.48. The van der Waals surface area contributed by atoms with Crippen molar-refractivity contribution in [2.24, 2.45) is 0 Å². The van der Waals surface area contributed by atoms with Crippen LogP contribution in [0.25, 0.3) is 11.5 Å². The number of hydrogen-bond donors (Lipinski definition) is 0. The second-order valence-corrected chi connectivity index (χ2v) is 2.39. The summed E-state index contributed by atoms with van der Waals surface area (Å²) in [5.41, 5.74) is 0.631.